The van der Waals surface area contributed by atoms with Crippen LogP contribution in [0.4, 0.5) is 10.2 Å². The van der Waals surface area contributed by atoms with Gasteiger partial charge in [0.25, 0.3) is 0 Å². The van der Waals surface area contributed by atoms with Gasteiger partial charge in [-0.2, -0.15) is 0 Å². The van der Waals surface area contributed by atoms with E-state index in [9.17, 15) is 4.39 Å². The lowest BCUT2D eigenvalue weighted by molar-refractivity contribution is 0.602. The zero-order valence-corrected chi connectivity index (χ0v) is 8.69. The summed E-state index contributed by atoms with van der Waals surface area (Å²) in [4.78, 5) is 7.88. The summed E-state index contributed by atoms with van der Waals surface area (Å²) >= 11 is 0. The summed E-state index contributed by atoms with van der Waals surface area (Å²) < 4.78 is 13.4. The van der Waals surface area contributed by atoms with Gasteiger partial charge in [-0.05, 0) is 20.8 Å². The first kappa shape index (κ1) is 10.6. The zero-order chi connectivity index (χ0) is 10.7. The van der Waals surface area contributed by atoms with Gasteiger partial charge in [0, 0.05) is 6.54 Å². The van der Waals surface area contributed by atoms with Crippen LogP contribution in [0, 0.1) is 19.7 Å². The molecule has 3 nitrogen and oxygen atoms in total. The molecule has 14 heavy (non-hydrogen) atoms. The Morgan fingerprint density at radius 2 is 2.07 bits per heavy atom. The third-order valence-electron chi connectivity index (χ3n) is 1.69. The van der Waals surface area contributed by atoms with Gasteiger partial charge in [0.15, 0.2) is 11.6 Å². The number of aryl methyl sites for hydroxylation is 2. The molecule has 1 rings (SSSR count). The Kier molecular flexibility index (Phi) is 3.17. The number of anilines is 1. The Hall–Kier alpha value is -1.45. The first-order valence-corrected chi connectivity index (χ1v) is 4.39. The van der Waals surface area contributed by atoms with Crippen molar-refractivity contribution in [2.24, 2.45) is 0 Å². The minimum atomic E-state index is -0.392. The molecule has 1 aromatic rings. The van der Waals surface area contributed by atoms with E-state index in [1.165, 1.54) is 0 Å². The Bertz CT molecular complexity index is 361. The van der Waals surface area contributed by atoms with Gasteiger partial charge in [0.2, 0.25) is 0 Å². The molecule has 0 bridgehead atoms. The summed E-state index contributed by atoms with van der Waals surface area (Å²) in [6, 6.07) is 0. The summed E-state index contributed by atoms with van der Waals surface area (Å²) in [5, 5.41) is 2.87. The van der Waals surface area contributed by atoms with Crippen molar-refractivity contribution in [2.75, 3.05) is 11.9 Å². The minimum absolute atomic E-state index is 0.248. The second-order valence-corrected chi connectivity index (χ2v) is 3.33. The van der Waals surface area contributed by atoms with Crippen LogP contribution in [-0.2, 0) is 0 Å². The monoisotopic (exact) mass is 195 g/mol. The van der Waals surface area contributed by atoms with Crippen LogP contribution in [0.15, 0.2) is 12.2 Å². The van der Waals surface area contributed by atoms with Gasteiger partial charge in [0.05, 0.1) is 5.69 Å². The van der Waals surface area contributed by atoms with Crippen molar-refractivity contribution in [2.45, 2.75) is 20.8 Å². The highest BCUT2D eigenvalue weighted by atomic mass is 19.1. The summed E-state index contributed by atoms with van der Waals surface area (Å²) in [5.41, 5.74) is 1.29. The van der Waals surface area contributed by atoms with Crippen LogP contribution in [0.5, 0.6) is 0 Å². The van der Waals surface area contributed by atoms with Gasteiger partial charge in [-0.1, -0.05) is 12.2 Å². The van der Waals surface area contributed by atoms with E-state index in [1.807, 2.05) is 6.92 Å². The molecule has 0 amide bonds. The predicted molar refractivity (Wildman–Crippen MR) is 54.8 cm³/mol. The quantitative estimate of drug-likeness (QED) is 0.751. The molecule has 0 atom stereocenters. The zero-order valence-electron chi connectivity index (χ0n) is 8.69. The summed E-state index contributed by atoms with van der Waals surface area (Å²) in [6.45, 7) is 9.46. The van der Waals surface area contributed by atoms with Crippen LogP contribution in [0.25, 0.3) is 0 Å². The van der Waals surface area contributed by atoms with Crippen molar-refractivity contribution in [3.8, 4) is 0 Å². The SMILES string of the molecule is C=C(C)CNc1nc(C)nc(C)c1F. The fourth-order valence-electron chi connectivity index (χ4n) is 1.05. The number of nitrogens with one attached hydrogen (secondary N) is 1. The summed E-state index contributed by atoms with van der Waals surface area (Å²) in [6.07, 6.45) is 0. The average molecular weight is 195 g/mol. The average Bonchev–Trinajstić information content (AvgIpc) is 2.08. The Balaban J connectivity index is 2.90. The second kappa shape index (κ2) is 4.17. The van der Waals surface area contributed by atoms with E-state index < -0.39 is 5.82 Å². The lowest BCUT2D eigenvalue weighted by Crippen LogP contribution is -2.09. The van der Waals surface area contributed by atoms with Gasteiger partial charge in [-0.3, -0.25) is 0 Å². The highest BCUT2D eigenvalue weighted by Gasteiger charge is 2.08. The number of aromatic nitrogens is 2. The number of hydrogen-bond acceptors (Lipinski definition) is 3. The maximum atomic E-state index is 13.4. The van der Waals surface area contributed by atoms with E-state index in [0.717, 1.165) is 5.57 Å². The fraction of sp³-hybridized carbons (Fsp3) is 0.400. The van der Waals surface area contributed by atoms with E-state index in [1.54, 1.807) is 13.8 Å². The predicted octanol–water partition coefficient (Wildman–Crippen LogP) is 2.22. The molecule has 1 N–H and O–H groups in total. The molecule has 1 aromatic heterocycles. The van der Waals surface area contributed by atoms with Crippen molar-refractivity contribution in [1.29, 1.82) is 0 Å². The molecular weight excluding hydrogens is 181 g/mol. The molecule has 1 heterocycles. The van der Waals surface area contributed by atoms with Gasteiger partial charge >= 0.3 is 0 Å². The third-order valence-corrected chi connectivity index (χ3v) is 1.69. The number of nitrogens with zero attached hydrogens (tertiary/aromatic N) is 2. The first-order chi connectivity index (χ1) is 6.50. The van der Waals surface area contributed by atoms with Crippen LogP contribution in [0.2, 0.25) is 0 Å². The molecule has 76 valence electrons. The smallest absolute Gasteiger partial charge is 0.186 e. The minimum Gasteiger partial charge on any atom is -0.364 e. The van der Waals surface area contributed by atoms with Crippen LogP contribution >= 0.6 is 0 Å². The maximum absolute atomic E-state index is 13.4. The molecule has 0 aromatic carbocycles. The standard InChI is InChI=1S/C10H14FN3/c1-6(2)5-12-10-9(11)7(3)13-8(4)14-10/h1,5H2,2-4H3,(H,12,13,14). The normalized spacial score (nSPS) is 10.0. The van der Waals surface area contributed by atoms with Crippen molar-refractivity contribution >= 4 is 5.82 Å². The molecule has 0 spiro atoms. The molecule has 0 saturated heterocycles. The molecule has 0 radical (unpaired) electrons. The van der Waals surface area contributed by atoms with E-state index in [0.29, 0.717) is 18.1 Å². The van der Waals surface area contributed by atoms with Crippen LogP contribution < -0.4 is 5.32 Å². The Morgan fingerprint density at radius 1 is 1.43 bits per heavy atom. The molecule has 0 saturated carbocycles. The molecular formula is C10H14FN3. The molecule has 0 unspecified atom stereocenters. The van der Waals surface area contributed by atoms with E-state index >= 15 is 0 Å². The molecule has 0 aliphatic heterocycles. The van der Waals surface area contributed by atoms with E-state index in [4.69, 9.17) is 0 Å². The number of hydrogen-bond donors (Lipinski definition) is 1. The molecule has 0 fully saturated rings. The lowest BCUT2D eigenvalue weighted by atomic mass is 10.3. The largest absolute Gasteiger partial charge is 0.364 e. The van der Waals surface area contributed by atoms with Gasteiger partial charge in [-0.25, -0.2) is 14.4 Å². The van der Waals surface area contributed by atoms with Crippen LogP contribution in [-0.4, -0.2) is 16.5 Å². The molecule has 4 heteroatoms. The molecule has 0 aliphatic rings. The van der Waals surface area contributed by atoms with Gasteiger partial charge in [0.1, 0.15) is 5.82 Å². The van der Waals surface area contributed by atoms with E-state index in [-0.39, 0.29) is 5.82 Å². The van der Waals surface area contributed by atoms with Gasteiger partial charge in [-0.15, -0.1) is 0 Å². The van der Waals surface area contributed by atoms with Crippen molar-refractivity contribution in [3.63, 3.8) is 0 Å². The third kappa shape index (κ3) is 2.52. The number of rotatable bonds is 3. The lowest BCUT2D eigenvalue weighted by Gasteiger charge is -2.08. The Morgan fingerprint density at radius 3 is 2.64 bits per heavy atom. The first-order valence-electron chi connectivity index (χ1n) is 4.39. The van der Waals surface area contributed by atoms with Gasteiger partial charge < -0.3 is 5.32 Å². The topological polar surface area (TPSA) is 37.8 Å². The van der Waals surface area contributed by atoms with Crippen molar-refractivity contribution in [1.82, 2.24) is 9.97 Å². The van der Waals surface area contributed by atoms with Crippen LogP contribution in [0.1, 0.15) is 18.4 Å². The van der Waals surface area contributed by atoms with Crippen LogP contribution in [0.3, 0.4) is 0 Å². The highest BCUT2D eigenvalue weighted by molar-refractivity contribution is 5.39. The summed E-state index contributed by atoms with van der Waals surface area (Å²) in [5.74, 6) is 0.419. The van der Waals surface area contributed by atoms with Crippen molar-refractivity contribution < 1.29 is 4.39 Å². The molecule has 0 aliphatic carbocycles. The Labute approximate surface area is 83.1 Å². The van der Waals surface area contributed by atoms with Crippen molar-refractivity contribution in [3.05, 3.63) is 29.5 Å². The fourth-order valence-corrected chi connectivity index (χ4v) is 1.05. The highest BCUT2D eigenvalue weighted by Crippen LogP contribution is 2.13. The second-order valence-electron chi connectivity index (χ2n) is 3.33. The number of halogens is 1. The van der Waals surface area contributed by atoms with E-state index in [2.05, 4.69) is 21.9 Å². The maximum Gasteiger partial charge on any atom is 0.186 e. The summed E-state index contributed by atoms with van der Waals surface area (Å²) in [7, 11) is 0.